The minimum absolute atomic E-state index is 0.119. The summed E-state index contributed by atoms with van der Waals surface area (Å²) in [6.07, 6.45) is 0. The van der Waals surface area contributed by atoms with Gasteiger partial charge in [-0.05, 0) is 0 Å². The molecule has 16 heavy (non-hydrogen) atoms. The zero-order valence-corrected chi connectivity index (χ0v) is 13.8. The van der Waals surface area contributed by atoms with Gasteiger partial charge in [0.05, 0.1) is 10.7 Å². The Balaban J connectivity index is 3.35. The van der Waals surface area contributed by atoms with Crippen LogP contribution >= 0.6 is 104 Å². The number of nitrogens with one attached hydrogen (secondary N) is 1. The molecule has 1 rings (SSSR count). The fraction of sp³-hybridized carbons (Fsp3) is 0.667. The number of hydrogen-bond donors (Lipinski definition) is 1. The van der Waals surface area contributed by atoms with Gasteiger partial charge >= 0.3 is 0 Å². The van der Waals surface area contributed by atoms with Gasteiger partial charge < -0.3 is 5.32 Å². The molecule has 94 valence electrons. The monoisotopic (exact) mass is 403 g/mol. The van der Waals surface area contributed by atoms with Crippen LogP contribution in [0.25, 0.3) is 0 Å². The lowest BCUT2D eigenvalue weighted by atomic mass is 10.1. The number of allylic oxidation sites excluding steroid dienone is 2. The maximum absolute atomic E-state index is 5.92. The summed E-state index contributed by atoms with van der Waals surface area (Å²) in [5.74, 6) is 0. The van der Waals surface area contributed by atoms with Crippen molar-refractivity contribution in [2.75, 3.05) is 0 Å². The summed E-state index contributed by atoms with van der Waals surface area (Å²) in [6.45, 7) is 0. The standard InChI is InChI=1S/C6H2Cl9N/c7-1-2(5(11,12)13)16-6(14,15)3(8)4(1,9)10/h3,16H. The Hall–Kier alpha value is 2.15. The SMILES string of the molecule is ClC1=C(C(Cl)(Cl)Cl)NC(Cl)(Cl)C(Cl)C1(Cl)Cl. The molecule has 1 unspecified atom stereocenters. The van der Waals surface area contributed by atoms with Gasteiger partial charge in [-0.15, -0.1) is 11.6 Å². The molecule has 1 aliphatic heterocycles. The molecule has 0 fully saturated rings. The molecule has 1 heterocycles. The Morgan fingerprint density at radius 2 is 1.50 bits per heavy atom. The van der Waals surface area contributed by atoms with Crippen molar-refractivity contribution in [3.63, 3.8) is 0 Å². The first kappa shape index (κ1) is 16.2. The smallest absolute Gasteiger partial charge is 0.231 e. The second-order valence-corrected chi connectivity index (χ2v) is 8.79. The third-order valence-corrected chi connectivity index (χ3v) is 5.51. The van der Waals surface area contributed by atoms with Gasteiger partial charge in [0, 0.05) is 0 Å². The normalized spacial score (nSPS) is 28.9. The highest BCUT2D eigenvalue weighted by Crippen LogP contribution is 2.54. The first-order chi connectivity index (χ1) is 6.90. The Morgan fingerprint density at radius 3 is 1.88 bits per heavy atom. The Morgan fingerprint density at radius 1 is 1.06 bits per heavy atom. The molecule has 0 aliphatic carbocycles. The lowest BCUT2D eigenvalue weighted by Crippen LogP contribution is -2.56. The number of alkyl halides is 8. The molecule has 0 amide bonds. The van der Waals surface area contributed by atoms with Crippen molar-refractivity contribution in [3.8, 4) is 0 Å². The molecule has 1 N–H and O–H groups in total. The Kier molecular flexibility index (Phi) is 4.98. The van der Waals surface area contributed by atoms with Crippen molar-refractivity contribution in [1.29, 1.82) is 0 Å². The predicted molar refractivity (Wildman–Crippen MR) is 74.8 cm³/mol. The molecule has 0 saturated heterocycles. The maximum Gasteiger partial charge on any atom is 0.231 e. The molecule has 0 radical (unpaired) electrons. The highest BCUT2D eigenvalue weighted by molar-refractivity contribution is 6.71. The van der Waals surface area contributed by atoms with Crippen LogP contribution in [0.2, 0.25) is 0 Å². The minimum atomic E-state index is -1.90. The van der Waals surface area contributed by atoms with Gasteiger partial charge in [-0.3, -0.25) is 0 Å². The molecule has 0 aromatic rings. The van der Waals surface area contributed by atoms with Gasteiger partial charge in [-0.1, -0.05) is 92.8 Å². The van der Waals surface area contributed by atoms with E-state index >= 15 is 0 Å². The van der Waals surface area contributed by atoms with Crippen LogP contribution in [0.3, 0.4) is 0 Å². The average molecular weight is 407 g/mol. The molecule has 0 saturated carbocycles. The highest BCUT2D eigenvalue weighted by atomic mass is 35.6. The first-order valence-corrected chi connectivity index (χ1v) is 7.02. The Bertz CT molecular complexity index is 327. The van der Waals surface area contributed by atoms with Crippen LogP contribution in [0, 0.1) is 0 Å². The molecule has 1 nitrogen and oxygen atoms in total. The van der Waals surface area contributed by atoms with E-state index < -0.39 is 18.0 Å². The summed E-state index contributed by atoms with van der Waals surface area (Å²) in [5.41, 5.74) is -0.119. The van der Waals surface area contributed by atoms with Crippen molar-refractivity contribution in [3.05, 3.63) is 10.7 Å². The second kappa shape index (κ2) is 4.92. The third-order valence-electron chi connectivity index (χ3n) is 1.72. The van der Waals surface area contributed by atoms with Crippen molar-refractivity contribution in [1.82, 2.24) is 5.32 Å². The molecule has 0 bridgehead atoms. The molecule has 0 aromatic heterocycles. The van der Waals surface area contributed by atoms with Gasteiger partial charge in [0.25, 0.3) is 0 Å². The number of rotatable bonds is 0. The molecule has 1 atom stereocenters. The van der Waals surface area contributed by atoms with E-state index in [4.69, 9.17) is 104 Å². The summed E-state index contributed by atoms with van der Waals surface area (Å²) in [6, 6.07) is 0. The van der Waals surface area contributed by atoms with E-state index in [0.29, 0.717) is 0 Å². The van der Waals surface area contributed by atoms with Crippen LogP contribution in [-0.4, -0.2) is 18.0 Å². The summed E-state index contributed by atoms with van der Waals surface area (Å²) in [4.78, 5) is 0. The van der Waals surface area contributed by atoms with Crippen molar-refractivity contribution in [2.24, 2.45) is 0 Å². The third kappa shape index (κ3) is 3.00. The van der Waals surface area contributed by atoms with Crippen LogP contribution in [0.4, 0.5) is 0 Å². The maximum atomic E-state index is 5.92. The van der Waals surface area contributed by atoms with Crippen LogP contribution in [0.15, 0.2) is 10.7 Å². The zero-order valence-electron chi connectivity index (χ0n) is 6.98. The van der Waals surface area contributed by atoms with Gasteiger partial charge in [0.15, 0.2) is 4.33 Å². The number of hydrogen-bond acceptors (Lipinski definition) is 1. The van der Waals surface area contributed by atoms with E-state index in [2.05, 4.69) is 5.32 Å². The molecular formula is C6H2Cl9N. The van der Waals surface area contributed by atoms with E-state index in [-0.39, 0.29) is 10.7 Å². The van der Waals surface area contributed by atoms with E-state index in [0.717, 1.165) is 0 Å². The lowest BCUT2D eigenvalue weighted by molar-refractivity contribution is 0.561. The molecule has 10 heteroatoms. The second-order valence-electron chi connectivity index (χ2n) is 2.92. The van der Waals surface area contributed by atoms with Crippen LogP contribution < -0.4 is 5.32 Å². The zero-order chi connectivity index (χ0) is 12.9. The molecular weight excluding hydrogens is 405 g/mol. The van der Waals surface area contributed by atoms with Gasteiger partial charge in [0.1, 0.15) is 5.38 Å². The summed E-state index contributed by atoms with van der Waals surface area (Å²) < 4.78 is -5.39. The molecule has 1 aliphatic rings. The summed E-state index contributed by atoms with van der Waals surface area (Å²) in [5, 5.41) is 1.15. The van der Waals surface area contributed by atoms with Crippen LogP contribution in [-0.2, 0) is 0 Å². The summed E-state index contributed by atoms with van der Waals surface area (Å²) >= 11 is 52.3. The average Bonchev–Trinajstić information content (AvgIpc) is 2.08. The van der Waals surface area contributed by atoms with Crippen molar-refractivity contribution >= 4 is 104 Å². The van der Waals surface area contributed by atoms with Gasteiger partial charge in [-0.25, -0.2) is 0 Å². The van der Waals surface area contributed by atoms with Gasteiger partial charge in [-0.2, -0.15) is 0 Å². The van der Waals surface area contributed by atoms with E-state index in [9.17, 15) is 0 Å². The lowest BCUT2D eigenvalue weighted by Gasteiger charge is -2.42. The summed E-state index contributed by atoms with van der Waals surface area (Å²) in [7, 11) is 0. The molecule has 0 aromatic carbocycles. The first-order valence-electron chi connectivity index (χ1n) is 3.56. The van der Waals surface area contributed by atoms with Crippen LogP contribution in [0.1, 0.15) is 0 Å². The fourth-order valence-electron chi connectivity index (χ4n) is 0.986. The Labute approximate surface area is 137 Å². The highest BCUT2D eigenvalue weighted by Gasteiger charge is 2.56. The minimum Gasteiger partial charge on any atom is -0.352 e. The van der Waals surface area contributed by atoms with Crippen molar-refractivity contribution < 1.29 is 0 Å². The van der Waals surface area contributed by atoms with E-state index in [1.165, 1.54) is 0 Å². The van der Waals surface area contributed by atoms with Crippen LogP contribution in [0.5, 0.6) is 0 Å². The number of halogens is 9. The van der Waals surface area contributed by atoms with Gasteiger partial charge in [0.2, 0.25) is 8.25 Å². The quantitative estimate of drug-likeness (QED) is 0.423. The van der Waals surface area contributed by atoms with Crippen molar-refractivity contribution in [2.45, 2.75) is 18.0 Å². The fourth-order valence-corrected chi connectivity index (χ4v) is 3.33. The largest absolute Gasteiger partial charge is 0.352 e. The molecule has 0 spiro atoms. The van der Waals surface area contributed by atoms with E-state index in [1.54, 1.807) is 0 Å². The topological polar surface area (TPSA) is 12.0 Å². The van der Waals surface area contributed by atoms with E-state index in [1.807, 2.05) is 0 Å². The predicted octanol–water partition coefficient (Wildman–Crippen LogP) is 5.32.